The maximum atomic E-state index is 8.86. The first kappa shape index (κ1) is 53.9. The minimum absolute atomic E-state index is 0.0913. The average molecular weight is 927 g/mol. The van der Waals surface area contributed by atoms with Gasteiger partial charge in [0.15, 0.2) is 0 Å². The van der Waals surface area contributed by atoms with Gasteiger partial charge in [-0.3, -0.25) is 0 Å². The zero-order valence-electron chi connectivity index (χ0n) is 38.6. The van der Waals surface area contributed by atoms with Crippen LogP contribution < -0.4 is 0 Å². The van der Waals surface area contributed by atoms with Crippen molar-refractivity contribution >= 4 is 0 Å². The van der Waals surface area contributed by atoms with Gasteiger partial charge in [0.25, 0.3) is 0 Å². The van der Waals surface area contributed by atoms with Crippen molar-refractivity contribution < 1.29 is 75.4 Å². The van der Waals surface area contributed by atoms with Gasteiger partial charge in [-0.05, 0) is 92.1 Å². The molecule has 0 fully saturated rings. The molecule has 0 amide bonds. The molecule has 66 heavy (non-hydrogen) atoms. The van der Waals surface area contributed by atoms with Crippen LogP contribution in [-0.2, 0) is 107 Å². The van der Waals surface area contributed by atoms with Crippen LogP contribution in [0.2, 0.25) is 0 Å². The second-order valence-corrected chi connectivity index (χ2v) is 14.9. The Bertz CT molecular complexity index is 1900. The second-order valence-electron chi connectivity index (χ2n) is 14.9. The minimum atomic E-state index is -0.0913. The summed E-state index contributed by atoms with van der Waals surface area (Å²) in [6.45, 7) is 9.99. The number of aryl methyl sites for hydroxylation is 4. The van der Waals surface area contributed by atoms with E-state index >= 15 is 0 Å². The summed E-state index contributed by atoms with van der Waals surface area (Å²) in [6.07, 6.45) is 6.35. The van der Waals surface area contributed by atoms with Gasteiger partial charge in [-0.1, -0.05) is 13.8 Å². The summed E-state index contributed by atoms with van der Waals surface area (Å²) < 4.78 is 66.0. The topological polar surface area (TPSA) is 215 Å². The lowest BCUT2D eigenvalue weighted by Gasteiger charge is -2.03. The SMILES string of the molecule is CCCc1ccc(COCCOCc2ccc(CCO)o2)o1.CCc1ccc(COCCOCc2ccc(CO)o2)o1.OCCCc1ccc(COCCOCc2ccc(CCCO)o2)o1. The Morgan fingerprint density at radius 1 is 0.318 bits per heavy atom. The van der Waals surface area contributed by atoms with Crippen molar-refractivity contribution in [2.45, 2.75) is 111 Å². The van der Waals surface area contributed by atoms with Gasteiger partial charge in [-0.2, -0.15) is 0 Å². The maximum Gasteiger partial charge on any atom is 0.129 e. The van der Waals surface area contributed by atoms with E-state index in [4.69, 9.17) is 75.4 Å². The van der Waals surface area contributed by atoms with Crippen LogP contribution in [0, 0.1) is 0 Å². The fourth-order valence-corrected chi connectivity index (χ4v) is 6.07. The molecule has 366 valence electrons. The van der Waals surface area contributed by atoms with Crippen LogP contribution in [0.1, 0.15) is 102 Å². The Morgan fingerprint density at radius 3 is 0.864 bits per heavy atom. The molecular weight excluding hydrogens is 857 g/mol. The van der Waals surface area contributed by atoms with Gasteiger partial charge in [0.2, 0.25) is 0 Å². The largest absolute Gasteiger partial charge is 0.464 e. The highest BCUT2D eigenvalue weighted by molar-refractivity contribution is 5.10. The van der Waals surface area contributed by atoms with Crippen LogP contribution in [-0.4, -0.2) is 79.9 Å². The highest BCUT2D eigenvalue weighted by Gasteiger charge is 2.07. The lowest BCUT2D eigenvalue weighted by molar-refractivity contribution is 0.0229. The summed E-state index contributed by atoms with van der Waals surface area (Å²) in [4.78, 5) is 0. The van der Waals surface area contributed by atoms with Crippen molar-refractivity contribution in [3.8, 4) is 0 Å². The van der Waals surface area contributed by atoms with Crippen molar-refractivity contribution in [2.24, 2.45) is 0 Å². The number of rotatable bonds is 33. The van der Waals surface area contributed by atoms with E-state index in [1.165, 1.54) is 0 Å². The number of ether oxygens (including phenoxy) is 6. The standard InChI is InChI=1S/C18H26O6.C17H24O5.C15H20O5/c19-9-1-3-15-5-7-17(23-15)13-21-11-12-22-14-18-8-6-16(24-18)4-2-10-20;1-2-3-14-4-6-16(21-14)12-19-10-11-20-13-17-7-5-15(22-17)8-9-18;1-2-12-3-5-14(19-12)10-17-7-8-18-11-15-6-4-13(9-16)20-15/h5-8,19-20H,1-4,9-14H2;4-7,18H,2-3,8-13H2,1H3;3-6,16H,2,7-11H2,1H3. The predicted octanol–water partition coefficient (Wildman–Crippen LogP) is 8.21. The van der Waals surface area contributed by atoms with Crippen LogP contribution >= 0.6 is 0 Å². The summed E-state index contributed by atoms with van der Waals surface area (Å²) in [5.74, 6) is 9.75. The minimum Gasteiger partial charge on any atom is -0.464 e. The summed E-state index contributed by atoms with van der Waals surface area (Å²) in [6, 6.07) is 22.7. The first-order valence-corrected chi connectivity index (χ1v) is 22.8. The molecule has 0 saturated carbocycles. The van der Waals surface area contributed by atoms with Gasteiger partial charge in [0.05, 0.1) is 46.2 Å². The van der Waals surface area contributed by atoms with Crippen molar-refractivity contribution in [1.82, 2.24) is 0 Å². The fraction of sp³-hybridized carbons (Fsp3) is 0.520. The molecule has 6 aromatic heterocycles. The molecule has 4 N–H and O–H groups in total. The first-order chi connectivity index (χ1) is 32.4. The highest BCUT2D eigenvalue weighted by atomic mass is 16.5. The van der Waals surface area contributed by atoms with E-state index in [0.717, 1.165) is 89.7 Å². The third-order valence-electron chi connectivity index (χ3n) is 9.41. The monoisotopic (exact) mass is 926 g/mol. The van der Waals surface area contributed by atoms with Crippen LogP contribution in [0.15, 0.2) is 99.3 Å². The molecule has 0 bridgehead atoms. The average Bonchev–Trinajstić information content (AvgIpc) is 4.21. The molecule has 0 aliphatic carbocycles. The van der Waals surface area contributed by atoms with Crippen LogP contribution in [0.4, 0.5) is 0 Å². The molecule has 0 atom stereocenters. The molecule has 16 nitrogen and oxygen atoms in total. The van der Waals surface area contributed by atoms with E-state index in [9.17, 15) is 0 Å². The molecular formula is C50H70O16. The molecule has 0 radical (unpaired) electrons. The van der Waals surface area contributed by atoms with Crippen molar-refractivity contribution in [3.63, 3.8) is 0 Å². The lowest BCUT2D eigenvalue weighted by Crippen LogP contribution is -2.03. The number of aliphatic hydroxyl groups is 4. The number of aliphatic hydroxyl groups excluding tert-OH is 4. The van der Waals surface area contributed by atoms with E-state index in [2.05, 4.69) is 6.92 Å². The molecule has 6 heterocycles. The zero-order chi connectivity index (χ0) is 46.9. The molecule has 16 heteroatoms. The van der Waals surface area contributed by atoms with Gasteiger partial charge in [-0.15, -0.1) is 0 Å². The van der Waals surface area contributed by atoms with Gasteiger partial charge in [0, 0.05) is 45.3 Å². The molecule has 0 unspecified atom stereocenters. The van der Waals surface area contributed by atoms with E-state index < -0.39 is 0 Å². The number of hydrogen-bond donors (Lipinski definition) is 4. The third-order valence-corrected chi connectivity index (χ3v) is 9.41. The second kappa shape index (κ2) is 33.7. The van der Waals surface area contributed by atoms with Gasteiger partial charge in [-0.25, -0.2) is 0 Å². The van der Waals surface area contributed by atoms with Crippen LogP contribution in [0.5, 0.6) is 0 Å². The van der Waals surface area contributed by atoms with Crippen LogP contribution in [0.25, 0.3) is 0 Å². The molecule has 0 spiro atoms. The van der Waals surface area contributed by atoms with Crippen LogP contribution in [0.3, 0.4) is 0 Å². The Balaban J connectivity index is 0.000000217. The summed E-state index contributed by atoms with van der Waals surface area (Å²) >= 11 is 0. The number of furan rings is 6. The molecule has 0 aliphatic rings. The molecule has 0 aromatic carbocycles. The van der Waals surface area contributed by atoms with Gasteiger partial charge < -0.3 is 75.4 Å². The predicted molar refractivity (Wildman–Crippen MR) is 241 cm³/mol. The van der Waals surface area contributed by atoms with Crippen molar-refractivity contribution in [3.05, 3.63) is 142 Å². The summed E-state index contributed by atoms with van der Waals surface area (Å²) in [7, 11) is 0. The Kier molecular flexibility index (Phi) is 27.5. The summed E-state index contributed by atoms with van der Waals surface area (Å²) in [5, 5.41) is 35.2. The first-order valence-electron chi connectivity index (χ1n) is 22.8. The fourth-order valence-electron chi connectivity index (χ4n) is 6.07. The summed E-state index contributed by atoms with van der Waals surface area (Å²) in [5.41, 5.74) is 0. The Morgan fingerprint density at radius 2 is 0.591 bits per heavy atom. The van der Waals surface area contributed by atoms with Crippen molar-refractivity contribution in [1.29, 1.82) is 0 Å². The quantitative estimate of drug-likeness (QED) is 0.0286. The van der Waals surface area contributed by atoms with E-state index in [1.54, 1.807) is 12.1 Å². The van der Waals surface area contributed by atoms with E-state index in [0.29, 0.717) is 110 Å². The molecule has 6 rings (SSSR count). The van der Waals surface area contributed by atoms with E-state index in [1.807, 2.05) is 67.6 Å². The normalized spacial score (nSPS) is 11.2. The Hall–Kier alpha value is -4.72. The molecule has 0 aliphatic heterocycles. The smallest absolute Gasteiger partial charge is 0.129 e. The zero-order valence-corrected chi connectivity index (χ0v) is 38.6. The Labute approximate surface area is 387 Å². The third kappa shape index (κ3) is 22.7. The highest BCUT2D eigenvalue weighted by Crippen LogP contribution is 2.15. The van der Waals surface area contributed by atoms with Gasteiger partial charge in [0.1, 0.15) is 115 Å². The van der Waals surface area contributed by atoms with E-state index in [-0.39, 0.29) is 26.4 Å². The maximum absolute atomic E-state index is 8.86. The molecule has 0 saturated heterocycles. The number of hydrogen-bond acceptors (Lipinski definition) is 16. The van der Waals surface area contributed by atoms with Gasteiger partial charge >= 0.3 is 0 Å². The molecule has 6 aromatic rings. The van der Waals surface area contributed by atoms with Crippen molar-refractivity contribution in [2.75, 3.05) is 59.5 Å². The lowest BCUT2D eigenvalue weighted by atomic mass is 10.3.